The highest BCUT2D eigenvalue weighted by molar-refractivity contribution is 7.99. The normalized spacial score (nSPS) is 13.2. The lowest BCUT2D eigenvalue weighted by atomic mass is 10.2. The predicted octanol–water partition coefficient (Wildman–Crippen LogP) is 2.24. The molecule has 2 N–H and O–H groups in total. The Labute approximate surface area is 148 Å². The van der Waals surface area contributed by atoms with E-state index >= 15 is 0 Å². The molecule has 25 heavy (non-hydrogen) atoms. The van der Waals surface area contributed by atoms with E-state index in [1.165, 1.54) is 22.0 Å². The van der Waals surface area contributed by atoms with Crippen molar-refractivity contribution < 1.29 is 9.21 Å². The maximum atomic E-state index is 12.6. The third kappa shape index (κ3) is 2.78. The smallest absolute Gasteiger partial charge is 0.237 e. The number of aryl methyl sites for hydroxylation is 1. The Bertz CT molecular complexity index is 933. The average molecular weight is 355 g/mol. The van der Waals surface area contributed by atoms with E-state index in [-0.39, 0.29) is 11.7 Å². The summed E-state index contributed by atoms with van der Waals surface area (Å²) in [6.07, 6.45) is 2.48. The highest BCUT2D eigenvalue weighted by Gasteiger charge is 2.25. The van der Waals surface area contributed by atoms with E-state index in [2.05, 4.69) is 16.3 Å². The van der Waals surface area contributed by atoms with E-state index in [1.54, 1.807) is 12.3 Å². The van der Waals surface area contributed by atoms with Gasteiger partial charge >= 0.3 is 0 Å². The van der Waals surface area contributed by atoms with Gasteiger partial charge in [0.1, 0.15) is 5.76 Å². The number of anilines is 1. The van der Waals surface area contributed by atoms with Crippen LogP contribution < -0.4 is 10.7 Å². The van der Waals surface area contributed by atoms with Crippen molar-refractivity contribution in [3.8, 4) is 11.4 Å². The summed E-state index contributed by atoms with van der Waals surface area (Å²) in [6, 6.07) is 9.79. The van der Waals surface area contributed by atoms with Crippen molar-refractivity contribution in [2.24, 2.45) is 0 Å². The quantitative estimate of drug-likeness (QED) is 0.570. The summed E-state index contributed by atoms with van der Waals surface area (Å²) in [5.41, 5.74) is 3.00. The molecule has 1 aromatic carbocycles. The molecule has 4 rings (SSSR count). The van der Waals surface area contributed by atoms with Gasteiger partial charge in [-0.25, -0.2) is 4.68 Å². The maximum Gasteiger partial charge on any atom is 0.237 e. The fourth-order valence-electron chi connectivity index (χ4n) is 2.98. The molecule has 0 saturated carbocycles. The van der Waals surface area contributed by atoms with E-state index in [1.807, 2.05) is 30.0 Å². The van der Waals surface area contributed by atoms with Gasteiger partial charge in [0.2, 0.25) is 11.1 Å². The van der Waals surface area contributed by atoms with Gasteiger partial charge in [-0.05, 0) is 31.0 Å². The van der Waals surface area contributed by atoms with E-state index in [4.69, 9.17) is 10.3 Å². The van der Waals surface area contributed by atoms with Gasteiger partial charge < -0.3 is 15.2 Å². The summed E-state index contributed by atoms with van der Waals surface area (Å²) in [5.74, 6) is 7.63. The Morgan fingerprint density at radius 1 is 1.32 bits per heavy atom. The van der Waals surface area contributed by atoms with Crippen molar-refractivity contribution in [1.82, 2.24) is 14.9 Å². The van der Waals surface area contributed by atoms with Crippen LogP contribution in [0.1, 0.15) is 11.3 Å². The summed E-state index contributed by atoms with van der Waals surface area (Å²) in [4.78, 5) is 14.4. The molecule has 0 saturated heterocycles. The number of hydrogen-bond acceptors (Lipinski definition) is 6. The molecule has 0 spiro atoms. The minimum absolute atomic E-state index is 0.0407. The van der Waals surface area contributed by atoms with Crippen LogP contribution in [0.15, 0.2) is 46.2 Å². The number of benzene rings is 1. The first-order chi connectivity index (χ1) is 12.1. The number of fused-ring (bicyclic) bond motifs is 1. The standard InChI is InChI=1S/C17H17N5O2S/c1-11-13(7-9-24-11)16-19-20-17(22(16)18)25-10-15(23)21-8-6-12-4-2-3-5-14(12)21/h2-5,7,9H,6,8,10,18H2,1H3. The number of carbonyl (C=O) groups excluding carboxylic acids is 1. The van der Waals surface area contributed by atoms with Crippen LogP contribution in [0.5, 0.6) is 0 Å². The zero-order valence-electron chi connectivity index (χ0n) is 13.7. The van der Waals surface area contributed by atoms with Crippen LogP contribution in [0.3, 0.4) is 0 Å². The first-order valence-electron chi connectivity index (χ1n) is 7.91. The number of furan rings is 1. The van der Waals surface area contributed by atoms with Crippen molar-refractivity contribution in [3.63, 3.8) is 0 Å². The van der Waals surface area contributed by atoms with E-state index in [9.17, 15) is 4.79 Å². The Kier molecular flexibility index (Phi) is 3.96. The van der Waals surface area contributed by atoms with Crippen molar-refractivity contribution in [2.75, 3.05) is 23.0 Å². The number of thioether (sulfide) groups is 1. The van der Waals surface area contributed by atoms with Gasteiger partial charge in [0.15, 0.2) is 5.82 Å². The van der Waals surface area contributed by atoms with Gasteiger partial charge in [0.25, 0.3) is 0 Å². The van der Waals surface area contributed by atoms with Crippen molar-refractivity contribution in [2.45, 2.75) is 18.5 Å². The predicted molar refractivity (Wildman–Crippen MR) is 95.8 cm³/mol. The minimum Gasteiger partial charge on any atom is -0.469 e. The maximum absolute atomic E-state index is 12.6. The van der Waals surface area contributed by atoms with Gasteiger partial charge in [0, 0.05) is 12.2 Å². The second kappa shape index (κ2) is 6.29. The molecular weight excluding hydrogens is 338 g/mol. The number of rotatable bonds is 4. The Morgan fingerprint density at radius 3 is 2.96 bits per heavy atom. The number of aromatic nitrogens is 3. The van der Waals surface area contributed by atoms with Crippen LogP contribution in [0.4, 0.5) is 5.69 Å². The molecule has 1 aliphatic rings. The van der Waals surface area contributed by atoms with Crippen LogP contribution in [0.2, 0.25) is 0 Å². The van der Waals surface area contributed by atoms with Crippen LogP contribution in [-0.4, -0.2) is 33.1 Å². The number of nitrogens with zero attached hydrogens (tertiary/aromatic N) is 4. The van der Waals surface area contributed by atoms with E-state index in [0.29, 0.717) is 17.5 Å². The molecule has 0 bridgehead atoms. The van der Waals surface area contributed by atoms with Crippen molar-refractivity contribution >= 4 is 23.4 Å². The molecular formula is C17H17N5O2S. The van der Waals surface area contributed by atoms with Gasteiger partial charge in [-0.15, -0.1) is 10.2 Å². The fraction of sp³-hybridized carbons (Fsp3) is 0.235. The van der Waals surface area contributed by atoms with E-state index in [0.717, 1.165) is 23.4 Å². The minimum atomic E-state index is 0.0407. The van der Waals surface area contributed by atoms with Gasteiger partial charge in [0.05, 0.1) is 17.6 Å². The lowest BCUT2D eigenvalue weighted by Gasteiger charge is -2.16. The number of hydrogen-bond donors (Lipinski definition) is 1. The molecule has 1 aliphatic heterocycles. The lowest BCUT2D eigenvalue weighted by Crippen LogP contribution is -2.30. The van der Waals surface area contributed by atoms with Crippen LogP contribution in [0, 0.1) is 6.92 Å². The monoisotopic (exact) mass is 355 g/mol. The number of amides is 1. The molecule has 0 radical (unpaired) electrons. The molecule has 0 unspecified atom stereocenters. The van der Waals surface area contributed by atoms with Crippen LogP contribution in [-0.2, 0) is 11.2 Å². The number of nitrogen functional groups attached to an aromatic ring is 1. The fourth-order valence-corrected chi connectivity index (χ4v) is 3.71. The largest absolute Gasteiger partial charge is 0.469 e. The van der Waals surface area contributed by atoms with Gasteiger partial charge in [-0.3, -0.25) is 4.79 Å². The highest BCUT2D eigenvalue weighted by atomic mass is 32.2. The highest BCUT2D eigenvalue weighted by Crippen LogP contribution is 2.29. The Balaban J connectivity index is 1.47. The lowest BCUT2D eigenvalue weighted by molar-refractivity contribution is -0.116. The number of carbonyl (C=O) groups is 1. The zero-order chi connectivity index (χ0) is 17.4. The Morgan fingerprint density at radius 2 is 2.16 bits per heavy atom. The first-order valence-corrected chi connectivity index (χ1v) is 8.89. The summed E-state index contributed by atoms with van der Waals surface area (Å²) in [6.45, 7) is 2.55. The summed E-state index contributed by atoms with van der Waals surface area (Å²) < 4.78 is 6.67. The SMILES string of the molecule is Cc1occc1-c1nnc(SCC(=O)N2CCc3ccccc32)n1N. The topological polar surface area (TPSA) is 90.2 Å². The molecule has 2 aromatic heterocycles. The van der Waals surface area contributed by atoms with Gasteiger partial charge in [-0.1, -0.05) is 30.0 Å². The summed E-state index contributed by atoms with van der Waals surface area (Å²) in [5, 5.41) is 8.70. The zero-order valence-corrected chi connectivity index (χ0v) is 14.5. The molecule has 0 aliphatic carbocycles. The molecule has 1 amide bonds. The summed E-state index contributed by atoms with van der Waals surface area (Å²) in [7, 11) is 0. The first kappa shape index (κ1) is 15.8. The Hall–Kier alpha value is -2.74. The second-order valence-corrected chi connectivity index (χ2v) is 6.72. The second-order valence-electron chi connectivity index (χ2n) is 5.78. The number of para-hydroxylation sites is 1. The average Bonchev–Trinajstić information content (AvgIpc) is 3.31. The van der Waals surface area contributed by atoms with Crippen LogP contribution in [0.25, 0.3) is 11.4 Å². The molecule has 3 aromatic rings. The van der Waals surface area contributed by atoms with E-state index < -0.39 is 0 Å². The molecule has 3 heterocycles. The third-order valence-electron chi connectivity index (χ3n) is 4.28. The molecule has 0 fully saturated rings. The van der Waals surface area contributed by atoms with Crippen molar-refractivity contribution in [3.05, 3.63) is 47.9 Å². The van der Waals surface area contributed by atoms with Crippen LogP contribution >= 0.6 is 11.8 Å². The third-order valence-corrected chi connectivity index (χ3v) is 5.21. The molecule has 8 heteroatoms. The molecule has 7 nitrogen and oxygen atoms in total. The van der Waals surface area contributed by atoms with Gasteiger partial charge in [-0.2, -0.15) is 0 Å². The molecule has 0 atom stereocenters. The number of nitrogens with two attached hydrogens (primary N) is 1. The van der Waals surface area contributed by atoms with Crippen molar-refractivity contribution in [1.29, 1.82) is 0 Å². The summed E-state index contributed by atoms with van der Waals surface area (Å²) >= 11 is 1.28. The molecule has 128 valence electrons.